The number of nitrogens with one attached hydrogen (secondary N) is 1. The summed E-state index contributed by atoms with van der Waals surface area (Å²) in [5.74, 6) is -0.0651. The lowest BCUT2D eigenvalue weighted by atomic mass is 10.1. The lowest BCUT2D eigenvalue weighted by Gasteiger charge is -2.08. The molecule has 3 nitrogen and oxygen atoms in total. The SMILES string of the molecule is CCCCOCCNC(=O)c1cc(C)ccc1Br. The molecule has 0 bridgehead atoms. The van der Waals surface area contributed by atoms with E-state index >= 15 is 0 Å². The maximum atomic E-state index is 11.9. The number of amides is 1. The maximum Gasteiger partial charge on any atom is 0.252 e. The molecule has 1 N–H and O–H groups in total. The highest BCUT2D eigenvalue weighted by Crippen LogP contribution is 2.17. The van der Waals surface area contributed by atoms with Crippen LogP contribution >= 0.6 is 15.9 Å². The van der Waals surface area contributed by atoms with Crippen LogP contribution in [0.2, 0.25) is 0 Å². The molecule has 0 atom stereocenters. The number of hydrogen-bond acceptors (Lipinski definition) is 2. The van der Waals surface area contributed by atoms with Crippen LogP contribution in [-0.2, 0) is 4.74 Å². The van der Waals surface area contributed by atoms with Gasteiger partial charge in [-0.2, -0.15) is 0 Å². The molecule has 0 aliphatic heterocycles. The van der Waals surface area contributed by atoms with Crippen molar-refractivity contribution < 1.29 is 9.53 Å². The summed E-state index contributed by atoms with van der Waals surface area (Å²) >= 11 is 3.38. The van der Waals surface area contributed by atoms with Crippen molar-refractivity contribution in [2.45, 2.75) is 26.7 Å². The van der Waals surface area contributed by atoms with Crippen molar-refractivity contribution in [2.24, 2.45) is 0 Å². The number of ether oxygens (including phenoxy) is 1. The van der Waals surface area contributed by atoms with E-state index in [2.05, 4.69) is 28.2 Å². The molecule has 1 aromatic carbocycles. The highest BCUT2D eigenvalue weighted by atomic mass is 79.9. The first-order chi connectivity index (χ1) is 8.65. The van der Waals surface area contributed by atoms with Crippen LogP contribution in [0, 0.1) is 6.92 Å². The lowest BCUT2D eigenvalue weighted by molar-refractivity contribution is 0.0912. The van der Waals surface area contributed by atoms with E-state index in [4.69, 9.17) is 4.74 Å². The number of hydrogen-bond donors (Lipinski definition) is 1. The number of carbonyl (C=O) groups excluding carboxylic acids is 1. The standard InChI is InChI=1S/C14H20BrNO2/c1-3-4-8-18-9-7-16-14(17)12-10-11(2)5-6-13(12)15/h5-6,10H,3-4,7-9H2,1-2H3,(H,16,17). The monoisotopic (exact) mass is 313 g/mol. The number of carbonyl (C=O) groups is 1. The fraction of sp³-hybridized carbons (Fsp3) is 0.500. The predicted molar refractivity (Wildman–Crippen MR) is 76.9 cm³/mol. The van der Waals surface area contributed by atoms with Crippen LogP contribution in [0.15, 0.2) is 22.7 Å². The van der Waals surface area contributed by atoms with Gasteiger partial charge in [0.15, 0.2) is 0 Å². The van der Waals surface area contributed by atoms with Crippen molar-refractivity contribution in [1.82, 2.24) is 5.32 Å². The van der Waals surface area contributed by atoms with Crippen molar-refractivity contribution in [3.05, 3.63) is 33.8 Å². The maximum absolute atomic E-state index is 11.9. The molecule has 1 aromatic rings. The molecule has 0 saturated carbocycles. The second kappa shape index (κ2) is 8.27. The molecule has 0 unspecified atom stereocenters. The molecule has 0 aromatic heterocycles. The smallest absolute Gasteiger partial charge is 0.252 e. The Balaban J connectivity index is 2.34. The minimum atomic E-state index is -0.0651. The van der Waals surface area contributed by atoms with Crippen molar-refractivity contribution in [2.75, 3.05) is 19.8 Å². The molecule has 0 heterocycles. The summed E-state index contributed by atoms with van der Waals surface area (Å²) in [6.45, 7) is 5.97. The zero-order valence-electron chi connectivity index (χ0n) is 11.0. The van der Waals surface area contributed by atoms with Crippen LogP contribution < -0.4 is 5.32 Å². The van der Waals surface area contributed by atoms with E-state index in [1.54, 1.807) is 0 Å². The van der Waals surface area contributed by atoms with Gasteiger partial charge < -0.3 is 10.1 Å². The second-order valence-corrected chi connectivity index (χ2v) is 5.06. The summed E-state index contributed by atoms with van der Waals surface area (Å²) in [6.07, 6.45) is 2.19. The van der Waals surface area contributed by atoms with E-state index < -0.39 is 0 Å². The molecule has 100 valence electrons. The van der Waals surface area contributed by atoms with Gasteiger partial charge in [-0.15, -0.1) is 0 Å². The molecule has 1 rings (SSSR count). The van der Waals surface area contributed by atoms with Gasteiger partial charge in [0, 0.05) is 17.6 Å². The van der Waals surface area contributed by atoms with Gasteiger partial charge in [-0.05, 0) is 41.4 Å². The number of unbranched alkanes of at least 4 members (excludes halogenated alkanes) is 1. The van der Waals surface area contributed by atoms with Crippen molar-refractivity contribution in [1.29, 1.82) is 0 Å². The van der Waals surface area contributed by atoms with E-state index in [-0.39, 0.29) is 5.91 Å². The fourth-order valence-electron chi connectivity index (χ4n) is 1.49. The van der Waals surface area contributed by atoms with E-state index in [1.807, 2.05) is 25.1 Å². The first-order valence-corrected chi connectivity index (χ1v) is 7.06. The number of rotatable bonds is 7. The van der Waals surface area contributed by atoms with Crippen LogP contribution in [0.5, 0.6) is 0 Å². The Bertz CT molecular complexity index is 393. The summed E-state index contributed by atoms with van der Waals surface area (Å²) in [5.41, 5.74) is 1.74. The Kier molecular flexibility index (Phi) is 6.98. The third-order valence-corrected chi connectivity index (χ3v) is 3.23. The molecular formula is C14H20BrNO2. The van der Waals surface area contributed by atoms with Gasteiger partial charge in [0.05, 0.1) is 12.2 Å². The highest BCUT2D eigenvalue weighted by Gasteiger charge is 2.09. The van der Waals surface area contributed by atoms with Crippen LogP contribution in [0.1, 0.15) is 35.7 Å². The quantitative estimate of drug-likeness (QED) is 0.784. The van der Waals surface area contributed by atoms with Crippen LogP contribution in [-0.4, -0.2) is 25.7 Å². The number of aryl methyl sites for hydroxylation is 1. The van der Waals surface area contributed by atoms with Crippen molar-refractivity contribution in [3.8, 4) is 0 Å². The average molecular weight is 314 g/mol. The summed E-state index contributed by atoms with van der Waals surface area (Å²) in [7, 11) is 0. The molecular weight excluding hydrogens is 294 g/mol. The predicted octanol–water partition coefficient (Wildman–Crippen LogP) is 3.30. The zero-order valence-corrected chi connectivity index (χ0v) is 12.5. The van der Waals surface area contributed by atoms with Crippen LogP contribution in [0.3, 0.4) is 0 Å². The van der Waals surface area contributed by atoms with Gasteiger partial charge in [0.1, 0.15) is 0 Å². The van der Waals surface area contributed by atoms with E-state index in [9.17, 15) is 4.79 Å². The minimum absolute atomic E-state index is 0.0651. The van der Waals surface area contributed by atoms with Gasteiger partial charge in [0.25, 0.3) is 5.91 Å². The van der Waals surface area contributed by atoms with Gasteiger partial charge in [-0.1, -0.05) is 25.0 Å². The van der Waals surface area contributed by atoms with Gasteiger partial charge >= 0.3 is 0 Å². The first-order valence-electron chi connectivity index (χ1n) is 6.27. The topological polar surface area (TPSA) is 38.3 Å². The molecule has 0 fully saturated rings. The molecule has 18 heavy (non-hydrogen) atoms. The molecule has 0 radical (unpaired) electrons. The fourth-order valence-corrected chi connectivity index (χ4v) is 1.92. The highest BCUT2D eigenvalue weighted by molar-refractivity contribution is 9.10. The molecule has 0 saturated heterocycles. The Morgan fingerprint density at radius 1 is 1.39 bits per heavy atom. The Labute approximate surface area is 117 Å². The number of halogens is 1. The lowest BCUT2D eigenvalue weighted by Crippen LogP contribution is -2.27. The summed E-state index contributed by atoms with van der Waals surface area (Å²) in [4.78, 5) is 11.9. The summed E-state index contributed by atoms with van der Waals surface area (Å²) in [6, 6.07) is 5.73. The van der Waals surface area contributed by atoms with E-state index in [0.29, 0.717) is 18.7 Å². The van der Waals surface area contributed by atoms with E-state index in [0.717, 1.165) is 29.5 Å². The molecule has 0 aliphatic carbocycles. The third-order valence-electron chi connectivity index (χ3n) is 2.54. The minimum Gasteiger partial charge on any atom is -0.380 e. The molecule has 0 spiro atoms. The Morgan fingerprint density at radius 3 is 2.89 bits per heavy atom. The summed E-state index contributed by atoms with van der Waals surface area (Å²) < 4.78 is 6.20. The zero-order chi connectivity index (χ0) is 13.4. The number of benzene rings is 1. The largest absolute Gasteiger partial charge is 0.380 e. The van der Waals surface area contributed by atoms with Crippen LogP contribution in [0.4, 0.5) is 0 Å². The molecule has 4 heteroatoms. The Morgan fingerprint density at radius 2 is 2.17 bits per heavy atom. The third kappa shape index (κ3) is 5.19. The summed E-state index contributed by atoms with van der Waals surface area (Å²) in [5, 5.41) is 2.85. The van der Waals surface area contributed by atoms with Crippen molar-refractivity contribution >= 4 is 21.8 Å². The van der Waals surface area contributed by atoms with Gasteiger partial charge in [-0.3, -0.25) is 4.79 Å². The van der Waals surface area contributed by atoms with Gasteiger partial charge in [0.2, 0.25) is 0 Å². The average Bonchev–Trinajstić information content (AvgIpc) is 2.36. The van der Waals surface area contributed by atoms with Gasteiger partial charge in [-0.25, -0.2) is 0 Å². The molecule has 0 aliphatic rings. The first kappa shape index (κ1) is 15.2. The second-order valence-electron chi connectivity index (χ2n) is 4.21. The normalized spacial score (nSPS) is 10.4. The van der Waals surface area contributed by atoms with Crippen molar-refractivity contribution in [3.63, 3.8) is 0 Å². The molecule has 1 amide bonds. The van der Waals surface area contributed by atoms with Crippen LogP contribution in [0.25, 0.3) is 0 Å². The van der Waals surface area contributed by atoms with E-state index in [1.165, 1.54) is 0 Å². The Hall–Kier alpha value is -0.870.